The molecule has 2 amide bonds. The number of carboxylic acids is 1. The molecule has 0 aromatic carbocycles. The van der Waals surface area contributed by atoms with E-state index >= 15 is 0 Å². The summed E-state index contributed by atoms with van der Waals surface area (Å²) in [6, 6.07) is -0.590. The van der Waals surface area contributed by atoms with E-state index in [-0.39, 0.29) is 25.3 Å². The molecule has 0 aromatic heterocycles. The molecule has 0 spiro atoms. The van der Waals surface area contributed by atoms with Gasteiger partial charge in [-0.2, -0.15) is 0 Å². The maximum Gasteiger partial charge on any atom is 0.315 e. The first-order valence-corrected chi connectivity index (χ1v) is 7.31. The lowest BCUT2D eigenvalue weighted by Crippen LogP contribution is -2.55. The first-order chi connectivity index (χ1) is 9.43. The molecule has 2 aliphatic rings. The van der Waals surface area contributed by atoms with E-state index in [1.807, 2.05) is 0 Å². The highest BCUT2D eigenvalue weighted by atomic mass is 16.5. The van der Waals surface area contributed by atoms with E-state index in [0.717, 1.165) is 19.3 Å². The van der Waals surface area contributed by atoms with Gasteiger partial charge in [-0.1, -0.05) is 19.8 Å². The Kier molecular flexibility index (Phi) is 4.52. The van der Waals surface area contributed by atoms with Crippen molar-refractivity contribution in [3.05, 3.63) is 0 Å². The molecule has 3 N–H and O–H groups in total. The normalized spacial score (nSPS) is 37.4. The molecule has 0 bridgehead atoms. The van der Waals surface area contributed by atoms with Crippen LogP contribution in [0, 0.1) is 11.3 Å². The van der Waals surface area contributed by atoms with Gasteiger partial charge in [-0.3, -0.25) is 4.79 Å². The van der Waals surface area contributed by atoms with Crippen LogP contribution in [0.25, 0.3) is 0 Å². The molecule has 20 heavy (non-hydrogen) atoms. The Morgan fingerprint density at radius 3 is 2.60 bits per heavy atom. The molecule has 0 aromatic rings. The second kappa shape index (κ2) is 5.99. The van der Waals surface area contributed by atoms with Crippen LogP contribution < -0.4 is 10.6 Å². The number of urea groups is 1. The molecule has 2 fully saturated rings. The van der Waals surface area contributed by atoms with Crippen molar-refractivity contribution >= 4 is 12.0 Å². The highest BCUT2D eigenvalue weighted by Crippen LogP contribution is 2.29. The van der Waals surface area contributed by atoms with Gasteiger partial charge in [0.2, 0.25) is 0 Å². The van der Waals surface area contributed by atoms with Gasteiger partial charge in [0.25, 0.3) is 0 Å². The topological polar surface area (TPSA) is 87.7 Å². The number of hydrogen-bond donors (Lipinski definition) is 3. The second-order valence-electron chi connectivity index (χ2n) is 6.28. The molecule has 2 rings (SSSR count). The van der Waals surface area contributed by atoms with E-state index in [1.165, 1.54) is 6.42 Å². The summed E-state index contributed by atoms with van der Waals surface area (Å²) in [5.41, 5.74) is -1.05. The third kappa shape index (κ3) is 3.06. The fraction of sp³-hybridized carbons (Fsp3) is 0.857. The molecule has 1 heterocycles. The Bertz CT molecular complexity index is 387. The van der Waals surface area contributed by atoms with Gasteiger partial charge in [0.1, 0.15) is 5.41 Å². The summed E-state index contributed by atoms with van der Waals surface area (Å²) >= 11 is 0. The average Bonchev–Trinajstić information content (AvgIpc) is 2.75. The van der Waals surface area contributed by atoms with Crippen LogP contribution in [0.15, 0.2) is 0 Å². The number of ether oxygens (including phenoxy) is 1. The van der Waals surface area contributed by atoms with Crippen molar-refractivity contribution in [3.63, 3.8) is 0 Å². The van der Waals surface area contributed by atoms with Gasteiger partial charge < -0.3 is 20.5 Å². The number of aliphatic carboxylic acids is 1. The minimum atomic E-state index is -1.05. The third-order valence-corrected chi connectivity index (χ3v) is 4.68. The molecule has 1 aliphatic carbocycles. The van der Waals surface area contributed by atoms with E-state index < -0.39 is 17.4 Å². The van der Waals surface area contributed by atoms with Crippen LogP contribution in [0.5, 0.6) is 0 Å². The fourth-order valence-electron chi connectivity index (χ4n) is 2.98. The standard InChI is InChI=1S/C14H24N2O4/c1-9-5-3-4-6-10(9)15-13(19)16-11-7-20-8-14(11,2)12(17)18/h9-11H,3-8H2,1-2H3,(H,17,18)(H2,15,16,19). The van der Waals surface area contributed by atoms with Crippen molar-refractivity contribution < 1.29 is 19.4 Å². The van der Waals surface area contributed by atoms with Gasteiger partial charge in [0, 0.05) is 6.04 Å². The van der Waals surface area contributed by atoms with Crippen molar-refractivity contribution in [2.24, 2.45) is 11.3 Å². The largest absolute Gasteiger partial charge is 0.481 e. The van der Waals surface area contributed by atoms with E-state index in [9.17, 15) is 14.7 Å². The molecule has 4 atom stereocenters. The predicted octanol–water partition coefficient (Wildman–Crippen LogP) is 1.35. The van der Waals surface area contributed by atoms with Crippen LogP contribution in [0.2, 0.25) is 0 Å². The van der Waals surface area contributed by atoms with Gasteiger partial charge in [0.05, 0.1) is 19.3 Å². The molecular formula is C14H24N2O4. The van der Waals surface area contributed by atoms with Gasteiger partial charge >= 0.3 is 12.0 Å². The SMILES string of the molecule is CC1CCCCC1NC(=O)NC1COCC1(C)C(=O)O. The monoisotopic (exact) mass is 284 g/mol. The van der Waals surface area contributed by atoms with Crippen LogP contribution >= 0.6 is 0 Å². The maximum absolute atomic E-state index is 12.1. The number of hydrogen-bond acceptors (Lipinski definition) is 3. The van der Waals surface area contributed by atoms with Gasteiger partial charge in [-0.15, -0.1) is 0 Å². The van der Waals surface area contributed by atoms with Crippen LogP contribution in [0.1, 0.15) is 39.5 Å². The predicted molar refractivity (Wildman–Crippen MR) is 73.4 cm³/mol. The van der Waals surface area contributed by atoms with E-state index in [4.69, 9.17) is 4.74 Å². The van der Waals surface area contributed by atoms with Crippen LogP contribution in [-0.2, 0) is 9.53 Å². The summed E-state index contributed by atoms with van der Waals surface area (Å²) in [4.78, 5) is 23.4. The molecule has 6 heteroatoms. The van der Waals surface area contributed by atoms with Crippen molar-refractivity contribution in [2.75, 3.05) is 13.2 Å². The lowest BCUT2D eigenvalue weighted by molar-refractivity contribution is -0.148. The zero-order valence-corrected chi connectivity index (χ0v) is 12.1. The number of nitrogens with one attached hydrogen (secondary N) is 2. The van der Waals surface area contributed by atoms with E-state index in [2.05, 4.69) is 17.6 Å². The van der Waals surface area contributed by atoms with Crippen molar-refractivity contribution in [2.45, 2.75) is 51.6 Å². The Hall–Kier alpha value is -1.30. The summed E-state index contributed by atoms with van der Waals surface area (Å²) in [6.45, 7) is 4.13. The van der Waals surface area contributed by atoms with Gasteiger partial charge in [-0.25, -0.2) is 4.79 Å². The lowest BCUT2D eigenvalue weighted by Gasteiger charge is -2.31. The third-order valence-electron chi connectivity index (χ3n) is 4.68. The molecule has 6 nitrogen and oxygen atoms in total. The zero-order valence-electron chi connectivity index (χ0n) is 12.1. The van der Waals surface area contributed by atoms with Crippen LogP contribution in [-0.4, -0.2) is 42.4 Å². The number of carbonyl (C=O) groups excluding carboxylic acids is 1. The van der Waals surface area contributed by atoms with Crippen molar-refractivity contribution in [1.82, 2.24) is 10.6 Å². The van der Waals surface area contributed by atoms with E-state index in [1.54, 1.807) is 6.92 Å². The Morgan fingerprint density at radius 2 is 1.95 bits per heavy atom. The minimum Gasteiger partial charge on any atom is -0.481 e. The molecule has 1 aliphatic heterocycles. The number of carbonyl (C=O) groups is 2. The maximum atomic E-state index is 12.1. The summed E-state index contributed by atoms with van der Waals surface area (Å²) in [5, 5.41) is 15.0. The second-order valence-corrected chi connectivity index (χ2v) is 6.28. The lowest BCUT2D eigenvalue weighted by atomic mass is 9.85. The average molecular weight is 284 g/mol. The summed E-state index contributed by atoms with van der Waals surface area (Å²) < 4.78 is 5.22. The molecule has 114 valence electrons. The first kappa shape index (κ1) is 15.1. The zero-order chi connectivity index (χ0) is 14.8. The van der Waals surface area contributed by atoms with Gasteiger partial charge in [-0.05, 0) is 25.7 Å². The Labute approximate surface area is 119 Å². The molecule has 1 saturated heterocycles. The number of carboxylic acid groups (broad SMARTS) is 1. The van der Waals surface area contributed by atoms with Crippen LogP contribution in [0.3, 0.4) is 0 Å². The van der Waals surface area contributed by atoms with Crippen molar-refractivity contribution in [1.29, 1.82) is 0 Å². The number of rotatable bonds is 3. The highest BCUT2D eigenvalue weighted by Gasteiger charge is 2.47. The van der Waals surface area contributed by atoms with Gasteiger partial charge in [0.15, 0.2) is 0 Å². The summed E-state index contributed by atoms with van der Waals surface area (Å²) in [5.74, 6) is -0.466. The smallest absolute Gasteiger partial charge is 0.315 e. The first-order valence-electron chi connectivity index (χ1n) is 7.31. The highest BCUT2D eigenvalue weighted by molar-refractivity contribution is 5.79. The minimum absolute atomic E-state index is 0.132. The summed E-state index contributed by atoms with van der Waals surface area (Å²) in [7, 11) is 0. The molecule has 0 radical (unpaired) electrons. The Morgan fingerprint density at radius 1 is 1.25 bits per heavy atom. The molecule has 1 saturated carbocycles. The fourth-order valence-corrected chi connectivity index (χ4v) is 2.98. The van der Waals surface area contributed by atoms with Crippen molar-refractivity contribution in [3.8, 4) is 0 Å². The van der Waals surface area contributed by atoms with Crippen LogP contribution in [0.4, 0.5) is 4.79 Å². The van der Waals surface area contributed by atoms with E-state index in [0.29, 0.717) is 5.92 Å². The molecular weight excluding hydrogens is 260 g/mol. The Balaban J connectivity index is 1.89. The quantitative estimate of drug-likeness (QED) is 0.730. The number of amides is 2. The summed E-state index contributed by atoms with van der Waals surface area (Å²) in [6.07, 6.45) is 4.47. The molecule has 4 unspecified atom stereocenters.